The van der Waals surface area contributed by atoms with Crippen LogP contribution >= 0.6 is 0 Å². The van der Waals surface area contributed by atoms with Crippen molar-refractivity contribution in [2.75, 3.05) is 0 Å². The summed E-state index contributed by atoms with van der Waals surface area (Å²) in [6.07, 6.45) is 1.95. The van der Waals surface area contributed by atoms with Gasteiger partial charge in [0.15, 0.2) is 6.10 Å². The van der Waals surface area contributed by atoms with Crippen LogP contribution in [0.15, 0.2) is 73.1 Å². The number of nitrogens with zero attached hydrogens (tertiary/aromatic N) is 4. The highest BCUT2D eigenvalue weighted by Crippen LogP contribution is 2.17. The van der Waals surface area contributed by atoms with Crippen molar-refractivity contribution < 1.29 is 14.3 Å². The molecule has 0 fully saturated rings. The fourth-order valence-corrected chi connectivity index (χ4v) is 3.09. The molecule has 0 aliphatic heterocycles. The highest BCUT2D eigenvalue weighted by Gasteiger charge is 2.27. The van der Waals surface area contributed by atoms with E-state index in [1.54, 1.807) is 28.9 Å². The molecule has 2 aromatic heterocycles. The molecule has 7 heteroatoms. The van der Waals surface area contributed by atoms with Crippen LogP contribution in [0.4, 0.5) is 0 Å². The molecular weight excluding hydrogens is 368 g/mol. The van der Waals surface area contributed by atoms with Crippen LogP contribution in [0.1, 0.15) is 26.3 Å². The SMILES string of the molecule is Cc1ccccc1C(=O)C(Cn1nnc2ccccc21)OC(=O)c1ccncc1. The number of para-hydroxylation sites is 1. The number of Topliss-reactive ketones (excluding diaryl/α,β-unsaturated/α-hetero) is 1. The number of hydrogen-bond acceptors (Lipinski definition) is 6. The van der Waals surface area contributed by atoms with E-state index in [1.807, 2.05) is 43.3 Å². The lowest BCUT2D eigenvalue weighted by molar-refractivity contribution is 0.0244. The third-order valence-electron chi connectivity index (χ3n) is 4.63. The highest BCUT2D eigenvalue weighted by molar-refractivity contribution is 6.02. The van der Waals surface area contributed by atoms with Gasteiger partial charge in [-0.15, -0.1) is 5.10 Å². The second-order valence-electron chi connectivity index (χ2n) is 6.57. The molecule has 4 rings (SSSR count). The Kier molecular flexibility index (Phi) is 5.11. The highest BCUT2D eigenvalue weighted by atomic mass is 16.5. The molecule has 144 valence electrons. The van der Waals surface area contributed by atoms with Gasteiger partial charge in [0.2, 0.25) is 5.78 Å². The van der Waals surface area contributed by atoms with Gasteiger partial charge in [-0.2, -0.15) is 0 Å². The lowest BCUT2D eigenvalue weighted by Gasteiger charge is -2.18. The normalized spacial score (nSPS) is 11.9. The molecule has 0 spiro atoms. The van der Waals surface area contributed by atoms with Gasteiger partial charge in [0, 0.05) is 18.0 Å². The Balaban J connectivity index is 1.67. The largest absolute Gasteiger partial charge is 0.448 e. The summed E-state index contributed by atoms with van der Waals surface area (Å²) in [7, 11) is 0. The summed E-state index contributed by atoms with van der Waals surface area (Å²) in [5.74, 6) is -0.881. The van der Waals surface area contributed by atoms with Gasteiger partial charge < -0.3 is 4.74 Å². The molecule has 0 aliphatic carbocycles. The maximum absolute atomic E-state index is 13.2. The minimum absolute atomic E-state index is 0.0600. The lowest BCUT2D eigenvalue weighted by atomic mass is 10.0. The van der Waals surface area contributed by atoms with E-state index in [9.17, 15) is 9.59 Å². The molecule has 2 heterocycles. The predicted octanol–water partition coefficient (Wildman–Crippen LogP) is 3.24. The van der Waals surface area contributed by atoms with E-state index in [4.69, 9.17) is 4.74 Å². The molecule has 0 amide bonds. The van der Waals surface area contributed by atoms with E-state index in [0.29, 0.717) is 16.6 Å². The van der Waals surface area contributed by atoms with E-state index in [1.165, 1.54) is 12.4 Å². The van der Waals surface area contributed by atoms with Crippen LogP contribution in [0.5, 0.6) is 0 Å². The Hall–Kier alpha value is -3.87. The first-order valence-electron chi connectivity index (χ1n) is 9.12. The van der Waals surface area contributed by atoms with Gasteiger partial charge in [-0.05, 0) is 36.8 Å². The standard InChI is InChI=1S/C22H18N4O3/c1-15-6-2-3-7-17(15)21(27)20(29-22(28)16-10-12-23-13-11-16)14-26-19-9-5-4-8-18(19)24-25-26/h2-13,20H,14H2,1H3. The van der Waals surface area contributed by atoms with Gasteiger partial charge in [0.25, 0.3) is 0 Å². The first-order chi connectivity index (χ1) is 14.1. The number of benzene rings is 2. The Labute approximate surface area is 167 Å². The van der Waals surface area contributed by atoms with E-state index in [0.717, 1.165) is 11.1 Å². The van der Waals surface area contributed by atoms with Gasteiger partial charge in [-0.25, -0.2) is 9.48 Å². The van der Waals surface area contributed by atoms with Crippen molar-refractivity contribution in [2.24, 2.45) is 0 Å². The van der Waals surface area contributed by atoms with E-state index < -0.39 is 12.1 Å². The number of rotatable bonds is 6. The number of carbonyl (C=O) groups excluding carboxylic acids is 2. The lowest BCUT2D eigenvalue weighted by Crippen LogP contribution is -2.32. The first kappa shape index (κ1) is 18.5. The van der Waals surface area contributed by atoms with Crippen molar-refractivity contribution >= 4 is 22.8 Å². The molecule has 0 N–H and O–H groups in total. The third-order valence-corrected chi connectivity index (χ3v) is 4.63. The third kappa shape index (κ3) is 3.89. The van der Waals surface area contributed by atoms with Crippen LogP contribution < -0.4 is 0 Å². The molecule has 1 unspecified atom stereocenters. The van der Waals surface area contributed by atoms with Crippen LogP contribution in [-0.2, 0) is 11.3 Å². The van der Waals surface area contributed by atoms with Gasteiger partial charge in [-0.3, -0.25) is 9.78 Å². The van der Waals surface area contributed by atoms with Crippen molar-refractivity contribution in [3.05, 3.63) is 89.7 Å². The number of aryl methyl sites for hydroxylation is 1. The van der Waals surface area contributed by atoms with Gasteiger partial charge in [-0.1, -0.05) is 41.6 Å². The molecule has 0 saturated heterocycles. The number of fused-ring (bicyclic) bond motifs is 1. The number of ketones is 1. The topological polar surface area (TPSA) is 87.0 Å². The minimum Gasteiger partial charge on any atom is -0.448 e. The summed E-state index contributed by atoms with van der Waals surface area (Å²) < 4.78 is 7.20. The second-order valence-corrected chi connectivity index (χ2v) is 6.57. The van der Waals surface area contributed by atoms with Crippen molar-refractivity contribution in [1.82, 2.24) is 20.0 Å². The number of hydrogen-bond donors (Lipinski definition) is 0. The zero-order valence-corrected chi connectivity index (χ0v) is 15.7. The number of ether oxygens (including phenoxy) is 1. The fraction of sp³-hybridized carbons (Fsp3) is 0.136. The Morgan fingerprint density at radius 1 is 1.00 bits per heavy atom. The molecule has 0 radical (unpaired) electrons. The maximum Gasteiger partial charge on any atom is 0.339 e. The summed E-state index contributed by atoms with van der Waals surface area (Å²) in [6.45, 7) is 1.91. The van der Waals surface area contributed by atoms with Gasteiger partial charge in [0.1, 0.15) is 5.52 Å². The summed E-state index contributed by atoms with van der Waals surface area (Å²) in [5, 5.41) is 8.24. The molecule has 0 bridgehead atoms. The average molecular weight is 386 g/mol. The Morgan fingerprint density at radius 3 is 2.52 bits per heavy atom. The fourth-order valence-electron chi connectivity index (χ4n) is 3.09. The molecule has 4 aromatic rings. The van der Waals surface area contributed by atoms with E-state index in [2.05, 4.69) is 15.3 Å². The quantitative estimate of drug-likeness (QED) is 0.373. The zero-order chi connectivity index (χ0) is 20.2. The smallest absolute Gasteiger partial charge is 0.339 e. The molecule has 2 aromatic carbocycles. The van der Waals surface area contributed by atoms with Crippen LogP contribution in [0.2, 0.25) is 0 Å². The first-order valence-corrected chi connectivity index (χ1v) is 9.12. The van der Waals surface area contributed by atoms with Crippen LogP contribution in [0.3, 0.4) is 0 Å². The minimum atomic E-state index is -1.05. The number of aromatic nitrogens is 4. The Morgan fingerprint density at radius 2 is 1.72 bits per heavy atom. The number of esters is 1. The molecule has 0 aliphatic rings. The molecule has 7 nitrogen and oxygen atoms in total. The molecular formula is C22H18N4O3. The average Bonchev–Trinajstić information content (AvgIpc) is 3.16. The molecule has 1 atom stereocenters. The Bertz CT molecular complexity index is 1170. The van der Waals surface area contributed by atoms with Crippen LogP contribution in [0, 0.1) is 6.92 Å². The van der Waals surface area contributed by atoms with Crippen molar-refractivity contribution in [3.8, 4) is 0 Å². The monoisotopic (exact) mass is 386 g/mol. The van der Waals surface area contributed by atoms with Crippen LogP contribution in [0.25, 0.3) is 11.0 Å². The number of pyridine rings is 1. The molecule has 0 saturated carbocycles. The maximum atomic E-state index is 13.2. The zero-order valence-electron chi connectivity index (χ0n) is 15.7. The predicted molar refractivity (Wildman–Crippen MR) is 106 cm³/mol. The second kappa shape index (κ2) is 8.02. The molecule has 29 heavy (non-hydrogen) atoms. The van der Waals surface area contributed by atoms with Crippen molar-refractivity contribution in [1.29, 1.82) is 0 Å². The van der Waals surface area contributed by atoms with Gasteiger partial charge in [0.05, 0.1) is 17.6 Å². The van der Waals surface area contributed by atoms with Crippen molar-refractivity contribution in [2.45, 2.75) is 19.6 Å². The van der Waals surface area contributed by atoms with E-state index >= 15 is 0 Å². The van der Waals surface area contributed by atoms with Gasteiger partial charge >= 0.3 is 5.97 Å². The number of carbonyl (C=O) groups is 2. The summed E-state index contributed by atoms with van der Waals surface area (Å²) in [5.41, 5.74) is 3.10. The summed E-state index contributed by atoms with van der Waals surface area (Å²) in [4.78, 5) is 29.8. The summed E-state index contributed by atoms with van der Waals surface area (Å²) >= 11 is 0. The summed E-state index contributed by atoms with van der Waals surface area (Å²) in [6, 6.07) is 17.7. The van der Waals surface area contributed by atoms with Crippen molar-refractivity contribution in [3.63, 3.8) is 0 Å². The van der Waals surface area contributed by atoms with E-state index in [-0.39, 0.29) is 12.3 Å². The van der Waals surface area contributed by atoms with Crippen LogP contribution in [-0.4, -0.2) is 37.8 Å².